The lowest BCUT2D eigenvalue weighted by Gasteiger charge is -2.04. The van der Waals surface area contributed by atoms with Crippen molar-refractivity contribution in [1.82, 2.24) is 0 Å². The van der Waals surface area contributed by atoms with E-state index in [0.717, 1.165) is 23.5 Å². The maximum absolute atomic E-state index is 11.2. The van der Waals surface area contributed by atoms with Gasteiger partial charge in [-0.05, 0) is 25.7 Å². The fraction of sp³-hybridized carbons (Fsp3) is 0.833. The summed E-state index contributed by atoms with van der Waals surface area (Å²) in [6.45, 7) is 0.914. The topological polar surface area (TPSA) is 52.6 Å². The SMILES string of the molecule is O=C(CCCCC(=O)OCCCBr)OCCCBr. The van der Waals surface area contributed by atoms with Crippen LogP contribution in [0.15, 0.2) is 0 Å². The van der Waals surface area contributed by atoms with Crippen LogP contribution >= 0.6 is 31.9 Å². The molecule has 0 rings (SSSR count). The van der Waals surface area contributed by atoms with Crippen LogP contribution in [0.3, 0.4) is 0 Å². The van der Waals surface area contributed by atoms with E-state index in [1.165, 1.54) is 0 Å². The Labute approximate surface area is 125 Å². The van der Waals surface area contributed by atoms with Crippen molar-refractivity contribution < 1.29 is 19.1 Å². The minimum atomic E-state index is -0.191. The molecule has 4 nitrogen and oxygen atoms in total. The van der Waals surface area contributed by atoms with Crippen molar-refractivity contribution in [2.75, 3.05) is 23.9 Å². The van der Waals surface area contributed by atoms with Gasteiger partial charge in [0.25, 0.3) is 0 Å². The van der Waals surface area contributed by atoms with Crippen molar-refractivity contribution >= 4 is 43.8 Å². The standard InChI is InChI=1S/C12H20Br2O4/c13-7-3-9-17-11(15)5-1-2-6-12(16)18-10-4-8-14/h1-10H2. The molecular weight excluding hydrogens is 368 g/mol. The molecule has 0 aliphatic carbocycles. The highest BCUT2D eigenvalue weighted by molar-refractivity contribution is 9.09. The zero-order chi connectivity index (χ0) is 13.6. The van der Waals surface area contributed by atoms with E-state index in [0.29, 0.717) is 38.9 Å². The van der Waals surface area contributed by atoms with Gasteiger partial charge < -0.3 is 9.47 Å². The fourth-order valence-electron chi connectivity index (χ4n) is 1.16. The quantitative estimate of drug-likeness (QED) is 0.310. The summed E-state index contributed by atoms with van der Waals surface area (Å²) >= 11 is 6.52. The third kappa shape index (κ3) is 12.4. The normalized spacial score (nSPS) is 10.1. The van der Waals surface area contributed by atoms with Gasteiger partial charge in [0.2, 0.25) is 0 Å². The highest BCUT2D eigenvalue weighted by atomic mass is 79.9. The van der Waals surface area contributed by atoms with Crippen LogP contribution < -0.4 is 0 Å². The molecule has 0 aromatic rings. The molecule has 0 saturated heterocycles. The maximum Gasteiger partial charge on any atom is 0.305 e. The second-order valence-electron chi connectivity index (χ2n) is 3.73. The van der Waals surface area contributed by atoms with Crippen molar-refractivity contribution in [3.63, 3.8) is 0 Å². The lowest BCUT2D eigenvalue weighted by Crippen LogP contribution is -2.08. The number of halogens is 2. The van der Waals surface area contributed by atoms with E-state index in [2.05, 4.69) is 31.9 Å². The molecule has 0 aromatic carbocycles. The van der Waals surface area contributed by atoms with E-state index in [9.17, 15) is 9.59 Å². The average Bonchev–Trinajstić information content (AvgIpc) is 2.35. The van der Waals surface area contributed by atoms with Crippen molar-refractivity contribution in [3.05, 3.63) is 0 Å². The summed E-state index contributed by atoms with van der Waals surface area (Å²) < 4.78 is 9.96. The number of unbranched alkanes of at least 4 members (excludes halogenated alkanes) is 1. The molecule has 0 atom stereocenters. The van der Waals surface area contributed by atoms with E-state index in [4.69, 9.17) is 9.47 Å². The van der Waals surface area contributed by atoms with Crippen LogP contribution in [0.5, 0.6) is 0 Å². The largest absolute Gasteiger partial charge is 0.466 e. The van der Waals surface area contributed by atoms with Gasteiger partial charge in [0.1, 0.15) is 0 Å². The van der Waals surface area contributed by atoms with Crippen LogP contribution in [0.25, 0.3) is 0 Å². The molecule has 0 heterocycles. The van der Waals surface area contributed by atoms with Crippen LogP contribution in [0.2, 0.25) is 0 Å². The number of hydrogen-bond donors (Lipinski definition) is 0. The number of hydrogen-bond acceptors (Lipinski definition) is 4. The predicted molar refractivity (Wildman–Crippen MR) is 77.2 cm³/mol. The summed E-state index contributed by atoms with van der Waals surface area (Å²) in [5, 5.41) is 1.67. The zero-order valence-corrected chi connectivity index (χ0v) is 13.6. The third-order valence-corrected chi connectivity index (χ3v) is 3.22. The van der Waals surface area contributed by atoms with Gasteiger partial charge >= 0.3 is 11.9 Å². The zero-order valence-electron chi connectivity index (χ0n) is 10.5. The van der Waals surface area contributed by atoms with E-state index >= 15 is 0 Å². The highest BCUT2D eigenvalue weighted by Crippen LogP contribution is 2.04. The Bertz CT molecular complexity index is 210. The first-order valence-corrected chi connectivity index (χ1v) is 8.38. The Hall–Kier alpha value is -0.100. The van der Waals surface area contributed by atoms with Crippen LogP contribution in [-0.2, 0) is 19.1 Å². The molecule has 0 saturated carbocycles. The number of carbonyl (C=O) groups excluding carboxylic acids is 2. The van der Waals surface area contributed by atoms with Gasteiger partial charge in [0.05, 0.1) is 13.2 Å². The number of ether oxygens (including phenoxy) is 2. The van der Waals surface area contributed by atoms with Gasteiger partial charge in [-0.1, -0.05) is 31.9 Å². The predicted octanol–water partition coefficient (Wildman–Crippen LogP) is 3.20. The Kier molecular flexibility index (Phi) is 13.3. The van der Waals surface area contributed by atoms with E-state index < -0.39 is 0 Å². The fourth-order valence-corrected chi connectivity index (χ4v) is 1.62. The van der Waals surface area contributed by atoms with Crippen LogP contribution in [0.1, 0.15) is 38.5 Å². The molecule has 106 valence electrons. The third-order valence-electron chi connectivity index (χ3n) is 2.09. The lowest BCUT2D eigenvalue weighted by atomic mass is 10.2. The maximum atomic E-state index is 11.2. The molecule has 0 amide bonds. The average molecular weight is 388 g/mol. The van der Waals surface area contributed by atoms with E-state index in [1.54, 1.807) is 0 Å². The van der Waals surface area contributed by atoms with Crippen molar-refractivity contribution in [3.8, 4) is 0 Å². The molecule has 18 heavy (non-hydrogen) atoms. The van der Waals surface area contributed by atoms with Crippen molar-refractivity contribution in [2.24, 2.45) is 0 Å². The number of rotatable bonds is 11. The molecule has 6 heteroatoms. The van der Waals surface area contributed by atoms with Crippen LogP contribution in [-0.4, -0.2) is 35.8 Å². The number of esters is 2. The van der Waals surface area contributed by atoms with Crippen molar-refractivity contribution in [2.45, 2.75) is 38.5 Å². The lowest BCUT2D eigenvalue weighted by molar-refractivity contribution is -0.145. The summed E-state index contributed by atoms with van der Waals surface area (Å²) in [6.07, 6.45) is 3.73. The summed E-state index contributed by atoms with van der Waals surface area (Å²) in [6, 6.07) is 0. The molecule has 0 fully saturated rings. The second-order valence-corrected chi connectivity index (χ2v) is 5.32. The Morgan fingerprint density at radius 1 is 0.722 bits per heavy atom. The molecule has 0 aromatic heterocycles. The van der Waals surface area contributed by atoms with Gasteiger partial charge in [-0.15, -0.1) is 0 Å². The van der Waals surface area contributed by atoms with E-state index in [1.807, 2.05) is 0 Å². The van der Waals surface area contributed by atoms with Gasteiger partial charge in [-0.25, -0.2) is 0 Å². The van der Waals surface area contributed by atoms with Gasteiger partial charge in [0, 0.05) is 23.5 Å². The molecule has 0 N–H and O–H groups in total. The van der Waals surface area contributed by atoms with Gasteiger partial charge in [0.15, 0.2) is 0 Å². The molecule has 0 radical (unpaired) electrons. The number of carbonyl (C=O) groups is 2. The second kappa shape index (κ2) is 13.3. The highest BCUT2D eigenvalue weighted by Gasteiger charge is 2.05. The first-order valence-electron chi connectivity index (χ1n) is 6.14. The van der Waals surface area contributed by atoms with E-state index in [-0.39, 0.29) is 11.9 Å². The number of alkyl halides is 2. The summed E-state index contributed by atoms with van der Waals surface area (Å²) in [7, 11) is 0. The van der Waals surface area contributed by atoms with Crippen LogP contribution in [0.4, 0.5) is 0 Å². The minimum Gasteiger partial charge on any atom is -0.466 e. The molecular formula is C12H20Br2O4. The smallest absolute Gasteiger partial charge is 0.305 e. The Morgan fingerprint density at radius 2 is 1.11 bits per heavy atom. The summed E-state index contributed by atoms with van der Waals surface area (Å²) in [4.78, 5) is 22.4. The summed E-state index contributed by atoms with van der Waals surface area (Å²) in [5.41, 5.74) is 0. The molecule has 0 aliphatic heterocycles. The van der Waals surface area contributed by atoms with Crippen molar-refractivity contribution in [1.29, 1.82) is 0 Å². The molecule has 0 bridgehead atoms. The molecule has 0 spiro atoms. The molecule has 0 aliphatic rings. The Morgan fingerprint density at radius 3 is 1.44 bits per heavy atom. The monoisotopic (exact) mass is 386 g/mol. The molecule has 0 unspecified atom stereocenters. The summed E-state index contributed by atoms with van der Waals surface area (Å²) in [5.74, 6) is -0.382. The van der Waals surface area contributed by atoms with Gasteiger partial charge in [-0.2, -0.15) is 0 Å². The Balaban J connectivity index is 3.32. The first kappa shape index (κ1) is 17.9. The van der Waals surface area contributed by atoms with Crippen LogP contribution in [0, 0.1) is 0 Å². The van der Waals surface area contributed by atoms with Gasteiger partial charge in [-0.3, -0.25) is 9.59 Å². The minimum absolute atomic E-state index is 0.191. The first-order chi connectivity index (χ1) is 8.70.